The zero-order chi connectivity index (χ0) is 21.2. The van der Waals surface area contributed by atoms with Crippen LogP contribution in [0.2, 0.25) is 0 Å². The molecule has 1 saturated carbocycles. The Balaban J connectivity index is 1.74. The fourth-order valence-corrected chi connectivity index (χ4v) is 6.00. The van der Waals surface area contributed by atoms with Gasteiger partial charge in [0.15, 0.2) is 0 Å². The molecular weight excluding hydrogens is 392 g/mol. The van der Waals surface area contributed by atoms with Gasteiger partial charge in [0.2, 0.25) is 10.0 Å². The molecule has 0 bridgehead atoms. The van der Waals surface area contributed by atoms with Gasteiger partial charge < -0.3 is 9.30 Å². The van der Waals surface area contributed by atoms with Crippen LogP contribution in [0.25, 0.3) is 0 Å². The van der Waals surface area contributed by atoms with Crippen molar-refractivity contribution in [3.8, 4) is 0 Å². The van der Waals surface area contributed by atoms with Gasteiger partial charge in [-0.15, -0.1) is 0 Å². The monoisotopic (exact) mass is 424 g/mol. The van der Waals surface area contributed by atoms with E-state index in [0.717, 1.165) is 36.7 Å². The van der Waals surface area contributed by atoms with Gasteiger partial charge in [0.25, 0.3) is 5.56 Å². The summed E-state index contributed by atoms with van der Waals surface area (Å²) in [5.41, 5.74) is -0.417. The maximum Gasteiger partial charge on any atom is 0.326 e. The normalized spacial score (nSPS) is 26.0. The number of aromatic nitrogens is 1. The highest BCUT2D eigenvalue weighted by Gasteiger charge is 2.33. The molecule has 0 unspecified atom stereocenters. The summed E-state index contributed by atoms with van der Waals surface area (Å²) < 4.78 is 33.8. The summed E-state index contributed by atoms with van der Waals surface area (Å²) in [7, 11) is -3.65. The molecule has 29 heavy (non-hydrogen) atoms. The van der Waals surface area contributed by atoms with E-state index in [9.17, 15) is 18.0 Å². The van der Waals surface area contributed by atoms with E-state index in [1.807, 2.05) is 0 Å². The van der Waals surface area contributed by atoms with Gasteiger partial charge in [0.1, 0.15) is 12.6 Å². The van der Waals surface area contributed by atoms with Crippen LogP contribution in [0.15, 0.2) is 28.0 Å². The summed E-state index contributed by atoms with van der Waals surface area (Å²) in [6, 6.07) is 2.52. The lowest BCUT2D eigenvalue weighted by Crippen LogP contribution is -2.37. The van der Waals surface area contributed by atoms with Crippen LogP contribution in [0.4, 0.5) is 0 Å². The largest absolute Gasteiger partial charge is 0.461 e. The van der Waals surface area contributed by atoms with Crippen LogP contribution in [-0.4, -0.2) is 42.5 Å². The van der Waals surface area contributed by atoms with Crippen molar-refractivity contribution < 1.29 is 17.9 Å². The number of sulfonamides is 1. The van der Waals surface area contributed by atoms with E-state index in [2.05, 4.69) is 20.8 Å². The first-order valence-corrected chi connectivity index (χ1v) is 12.0. The predicted molar refractivity (Wildman–Crippen MR) is 110 cm³/mol. The van der Waals surface area contributed by atoms with Crippen molar-refractivity contribution >= 4 is 16.0 Å². The Morgan fingerprint density at radius 2 is 1.90 bits per heavy atom. The molecule has 0 N–H and O–H groups in total. The van der Waals surface area contributed by atoms with Crippen LogP contribution in [0.3, 0.4) is 0 Å². The fraction of sp³-hybridized carbons (Fsp3) is 0.714. The van der Waals surface area contributed by atoms with Gasteiger partial charge in [-0.1, -0.05) is 27.2 Å². The smallest absolute Gasteiger partial charge is 0.326 e. The second kappa shape index (κ2) is 9.00. The molecule has 0 amide bonds. The first kappa shape index (κ1) is 22.0. The number of ether oxygens (including phenoxy) is 1. The third kappa shape index (κ3) is 5.09. The quantitative estimate of drug-likeness (QED) is 0.656. The Hall–Kier alpha value is -1.67. The van der Waals surface area contributed by atoms with Crippen LogP contribution in [0.5, 0.6) is 0 Å². The molecule has 8 heteroatoms. The second-order valence-electron chi connectivity index (χ2n) is 8.80. The van der Waals surface area contributed by atoms with E-state index in [4.69, 9.17) is 4.74 Å². The predicted octanol–water partition coefficient (Wildman–Crippen LogP) is 2.64. The van der Waals surface area contributed by atoms with E-state index in [-0.39, 0.29) is 17.5 Å². The number of rotatable bonds is 6. The topological polar surface area (TPSA) is 85.7 Å². The molecule has 1 aliphatic heterocycles. The molecular formula is C21H32N2O5S. The van der Waals surface area contributed by atoms with Gasteiger partial charge in [-0.25, -0.2) is 8.42 Å². The van der Waals surface area contributed by atoms with Crippen LogP contribution in [-0.2, 0) is 26.1 Å². The average Bonchev–Trinajstić information content (AvgIpc) is 3.18. The van der Waals surface area contributed by atoms with E-state index in [1.54, 1.807) is 0 Å². The number of carbonyl (C=O) groups excluding carboxylic acids is 1. The first-order chi connectivity index (χ1) is 13.7. The number of carbonyl (C=O) groups is 1. The minimum Gasteiger partial charge on any atom is -0.461 e. The molecule has 2 fully saturated rings. The van der Waals surface area contributed by atoms with Crippen molar-refractivity contribution in [3.05, 3.63) is 28.7 Å². The third-order valence-electron chi connectivity index (χ3n) is 6.20. The Labute approximate surface area is 173 Å². The molecule has 0 aromatic carbocycles. The van der Waals surface area contributed by atoms with Crippen molar-refractivity contribution in [1.29, 1.82) is 0 Å². The van der Waals surface area contributed by atoms with Crippen molar-refractivity contribution in [2.24, 2.45) is 17.8 Å². The highest BCUT2D eigenvalue weighted by molar-refractivity contribution is 7.89. The summed E-state index contributed by atoms with van der Waals surface area (Å²) in [5, 5.41) is 0. The van der Waals surface area contributed by atoms with Crippen LogP contribution < -0.4 is 5.56 Å². The minimum atomic E-state index is -3.65. The SMILES string of the molecule is CC(C)[C@H]1CC[C@@H](C)C[C@@H]1OC(=O)Cn1cc(S(=O)(=O)N2CCCC2)ccc1=O. The maximum absolute atomic E-state index is 12.7. The van der Waals surface area contributed by atoms with Crippen LogP contribution in [0.1, 0.15) is 52.9 Å². The molecule has 3 atom stereocenters. The Morgan fingerprint density at radius 3 is 2.55 bits per heavy atom. The van der Waals surface area contributed by atoms with Crippen molar-refractivity contribution in [3.63, 3.8) is 0 Å². The van der Waals surface area contributed by atoms with E-state index in [0.29, 0.717) is 30.8 Å². The lowest BCUT2D eigenvalue weighted by Gasteiger charge is -2.36. The van der Waals surface area contributed by atoms with Crippen LogP contribution >= 0.6 is 0 Å². The molecule has 2 aliphatic rings. The second-order valence-corrected chi connectivity index (χ2v) is 10.7. The van der Waals surface area contributed by atoms with E-state index in [1.165, 1.54) is 22.6 Å². The van der Waals surface area contributed by atoms with Gasteiger partial charge in [-0.3, -0.25) is 9.59 Å². The molecule has 1 saturated heterocycles. The van der Waals surface area contributed by atoms with Crippen LogP contribution in [0, 0.1) is 17.8 Å². The number of esters is 1. The van der Waals surface area contributed by atoms with Gasteiger partial charge >= 0.3 is 5.97 Å². The highest BCUT2D eigenvalue weighted by Crippen LogP contribution is 2.35. The number of hydrogen-bond acceptors (Lipinski definition) is 5. The van der Waals surface area contributed by atoms with Crippen molar-refractivity contribution in [2.45, 2.75) is 70.4 Å². The van der Waals surface area contributed by atoms with Gasteiger partial charge in [-0.2, -0.15) is 4.31 Å². The Bertz CT molecular complexity index is 887. The zero-order valence-electron chi connectivity index (χ0n) is 17.5. The molecule has 7 nitrogen and oxygen atoms in total. The lowest BCUT2D eigenvalue weighted by atomic mass is 9.75. The van der Waals surface area contributed by atoms with E-state index < -0.39 is 21.6 Å². The first-order valence-electron chi connectivity index (χ1n) is 10.6. The Kier molecular flexibility index (Phi) is 6.83. The van der Waals surface area contributed by atoms with E-state index >= 15 is 0 Å². The van der Waals surface area contributed by atoms with Crippen molar-refractivity contribution in [1.82, 2.24) is 8.87 Å². The number of nitrogens with zero attached hydrogens (tertiary/aromatic N) is 2. The molecule has 1 aliphatic carbocycles. The Morgan fingerprint density at radius 1 is 1.21 bits per heavy atom. The summed E-state index contributed by atoms with van der Waals surface area (Å²) >= 11 is 0. The maximum atomic E-state index is 12.7. The molecule has 2 heterocycles. The highest BCUT2D eigenvalue weighted by atomic mass is 32.2. The van der Waals surface area contributed by atoms with Crippen molar-refractivity contribution in [2.75, 3.05) is 13.1 Å². The average molecular weight is 425 g/mol. The summed E-state index contributed by atoms with van der Waals surface area (Å²) in [6.45, 7) is 7.13. The van der Waals surface area contributed by atoms with Gasteiger partial charge in [0.05, 0.1) is 4.90 Å². The lowest BCUT2D eigenvalue weighted by molar-refractivity contribution is -0.156. The standard InChI is InChI=1S/C21H32N2O5S/c1-15(2)18-8-6-16(3)12-19(18)28-21(25)14-22-13-17(7-9-20(22)24)29(26,27)23-10-4-5-11-23/h7,9,13,15-16,18-19H,4-6,8,10-12,14H2,1-3H3/t16-,18-,19+/m1/s1. The number of hydrogen-bond donors (Lipinski definition) is 0. The molecule has 3 rings (SSSR count). The number of pyridine rings is 1. The summed E-state index contributed by atoms with van der Waals surface area (Å²) in [5.74, 6) is 0.734. The minimum absolute atomic E-state index is 0.0399. The summed E-state index contributed by atoms with van der Waals surface area (Å²) in [6.07, 6.45) is 5.77. The third-order valence-corrected chi connectivity index (χ3v) is 8.08. The zero-order valence-corrected chi connectivity index (χ0v) is 18.4. The summed E-state index contributed by atoms with van der Waals surface area (Å²) in [4.78, 5) is 24.8. The molecule has 0 spiro atoms. The van der Waals surface area contributed by atoms with Gasteiger partial charge in [-0.05, 0) is 49.5 Å². The molecule has 162 valence electrons. The van der Waals surface area contributed by atoms with Gasteiger partial charge in [0, 0.05) is 25.4 Å². The molecule has 0 radical (unpaired) electrons. The fourth-order valence-electron chi connectivity index (χ4n) is 4.46. The molecule has 1 aromatic rings. The molecule has 1 aromatic heterocycles.